The topological polar surface area (TPSA) is 26.0 Å². The van der Waals surface area contributed by atoms with Crippen LogP contribution in [0.1, 0.15) is 18.4 Å². The van der Waals surface area contributed by atoms with Gasteiger partial charge in [-0.05, 0) is 30.5 Å². The Balaban J connectivity index is 2.30. The summed E-state index contributed by atoms with van der Waals surface area (Å²) in [4.78, 5) is 0. The SMILES string of the molecule is NC1(c2ccc(Cl)cc2)CC=CC1. The minimum Gasteiger partial charge on any atom is -0.321 e. The first-order chi connectivity index (χ1) is 6.21. The van der Waals surface area contributed by atoms with Crippen LogP contribution in [0.3, 0.4) is 0 Å². The van der Waals surface area contributed by atoms with Crippen molar-refractivity contribution < 1.29 is 0 Å². The Bertz CT molecular complexity index is 318. The average molecular weight is 194 g/mol. The van der Waals surface area contributed by atoms with E-state index in [1.54, 1.807) is 0 Å². The maximum atomic E-state index is 6.22. The van der Waals surface area contributed by atoms with Gasteiger partial charge in [0.2, 0.25) is 0 Å². The van der Waals surface area contributed by atoms with Crippen LogP contribution in [-0.2, 0) is 5.54 Å². The lowest BCUT2D eigenvalue weighted by molar-refractivity contribution is 0.480. The van der Waals surface area contributed by atoms with E-state index in [1.807, 2.05) is 24.3 Å². The molecule has 0 aliphatic heterocycles. The molecule has 1 aromatic carbocycles. The largest absolute Gasteiger partial charge is 0.321 e. The van der Waals surface area contributed by atoms with Crippen LogP contribution in [0.25, 0.3) is 0 Å². The summed E-state index contributed by atoms with van der Waals surface area (Å²) in [6.45, 7) is 0. The van der Waals surface area contributed by atoms with Gasteiger partial charge in [-0.3, -0.25) is 0 Å². The van der Waals surface area contributed by atoms with E-state index in [4.69, 9.17) is 17.3 Å². The molecule has 1 aromatic rings. The summed E-state index contributed by atoms with van der Waals surface area (Å²) in [7, 11) is 0. The van der Waals surface area contributed by atoms with Gasteiger partial charge in [-0.2, -0.15) is 0 Å². The van der Waals surface area contributed by atoms with Crippen molar-refractivity contribution in [1.29, 1.82) is 0 Å². The summed E-state index contributed by atoms with van der Waals surface area (Å²) in [5.41, 5.74) is 7.20. The van der Waals surface area contributed by atoms with Gasteiger partial charge < -0.3 is 5.73 Å². The number of nitrogens with two attached hydrogens (primary N) is 1. The highest BCUT2D eigenvalue weighted by Crippen LogP contribution is 2.31. The summed E-state index contributed by atoms with van der Waals surface area (Å²) in [6, 6.07) is 7.80. The Hall–Kier alpha value is -0.790. The fraction of sp³-hybridized carbons (Fsp3) is 0.273. The van der Waals surface area contributed by atoms with Crippen LogP contribution < -0.4 is 5.73 Å². The van der Waals surface area contributed by atoms with Gasteiger partial charge in [0, 0.05) is 10.6 Å². The van der Waals surface area contributed by atoms with E-state index in [2.05, 4.69) is 12.2 Å². The second kappa shape index (κ2) is 3.17. The van der Waals surface area contributed by atoms with E-state index in [0.29, 0.717) is 0 Å². The minimum atomic E-state index is -0.190. The zero-order chi connectivity index (χ0) is 9.31. The summed E-state index contributed by atoms with van der Waals surface area (Å²) >= 11 is 5.81. The van der Waals surface area contributed by atoms with E-state index in [0.717, 1.165) is 17.9 Å². The highest BCUT2D eigenvalue weighted by molar-refractivity contribution is 6.30. The molecule has 1 aliphatic rings. The standard InChI is InChI=1S/C11H12ClN/c12-10-5-3-9(4-6-10)11(13)7-1-2-8-11/h1-6H,7-8,13H2. The van der Waals surface area contributed by atoms with Crippen LogP contribution >= 0.6 is 11.6 Å². The Morgan fingerprint density at radius 3 is 2.15 bits per heavy atom. The van der Waals surface area contributed by atoms with Gasteiger partial charge >= 0.3 is 0 Å². The van der Waals surface area contributed by atoms with Crippen LogP contribution in [-0.4, -0.2) is 0 Å². The lowest BCUT2D eigenvalue weighted by Crippen LogP contribution is -2.33. The third-order valence-corrected chi connectivity index (χ3v) is 2.80. The Labute approximate surface area is 83.2 Å². The first-order valence-corrected chi connectivity index (χ1v) is 4.78. The fourth-order valence-electron chi connectivity index (χ4n) is 1.69. The van der Waals surface area contributed by atoms with Crippen LogP contribution in [0.5, 0.6) is 0 Å². The molecule has 0 fully saturated rings. The summed E-state index contributed by atoms with van der Waals surface area (Å²) in [5.74, 6) is 0. The predicted molar refractivity (Wildman–Crippen MR) is 55.7 cm³/mol. The van der Waals surface area contributed by atoms with Crippen LogP contribution in [0.2, 0.25) is 5.02 Å². The molecule has 0 spiro atoms. The monoisotopic (exact) mass is 193 g/mol. The number of hydrogen-bond acceptors (Lipinski definition) is 1. The van der Waals surface area contributed by atoms with Crippen molar-refractivity contribution >= 4 is 11.6 Å². The molecule has 1 aliphatic carbocycles. The predicted octanol–water partition coefficient (Wildman–Crippen LogP) is 2.84. The number of halogens is 1. The molecule has 13 heavy (non-hydrogen) atoms. The van der Waals surface area contributed by atoms with Crippen LogP contribution in [0.4, 0.5) is 0 Å². The lowest BCUT2D eigenvalue weighted by Gasteiger charge is -2.24. The molecule has 2 N–H and O–H groups in total. The van der Waals surface area contributed by atoms with Crippen molar-refractivity contribution in [2.45, 2.75) is 18.4 Å². The van der Waals surface area contributed by atoms with E-state index in [1.165, 1.54) is 5.56 Å². The molecule has 68 valence electrons. The van der Waals surface area contributed by atoms with Gasteiger partial charge in [0.05, 0.1) is 0 Å². The van der Waals surface area contributed by atoms with Crippen molar-refractivity contribution in [2.75, 3.05) is 0 Å². The van der Waals surface area contributed by atoms with Gasteiger partial charge in [0.15, 0.2) is 0 Å². The normalized spacial score (nSPS) is 19.2. The highest BCUT2D eigenvalue weighted by atomic mass is 35.5. The van der Waals surface area contributed by atoms with Gasteiger partial charge in [-0.25, -0.2) is 0 Å². The molecule has 1 nitrogen and oxygen atoms in total. The van der Waals surface area contributed by atoms with Crippen LogP contribution in [0.15, 0.2) is 36.4 Å². The van der Waals surface area contributed by atoms with Crippen molar-refractivity contribution in [3.8, 4) is 0 Å². The zero-order valence-corrected chi connectivity index (χ0v) is 8.09. The molecular weight excluding hydrogens is 182 g/mol. The average Bonchev–Trinajstić information content (AvgIpc) is 2.54. The van der Waals surface area contributed by atoms with E-state index in [9.17, 15) is 0 Å². The quantitative estimate of drug-likeness (QED) is 0.682. The first-order valence-electron chi connectivity index (χ1n) is 4.41. The summed E-state index contributed by atoms with van der Waals surface area (Å²) < 4.78 is 0. The molecule has 0 saturated heterocycles. The van der Waals surface area contributed by atoms with Crippen molar-refractivity contribution in [1.82, 2.24) is 0 Å². The number of benzene rings is 1. The Morgan fingerprint density at radius 2 is 1.62 bits per heavy atom. The summed E-state index contributed by atoms with van der Waals surface area (Å²) in [5, 5.41) is 0.762. The summed E-state index contributed by atoms with van der Waals surface area (Å²) in [6.07, 6.45) is 6.12. The first kappa shape index (κ1) is 8.79. The molecule has 0 unspecified atom stereocenters. The highest BCUT2D eigenvalue weighted by Gasteiger charge is 2.27. The van der Waals surface area contributed by atoms with Crippen LogP contribution in [0, 0.1) is 0 Å². The molecular formula is C11H12ClN. The second-order valence-corrected chi connectivity index (χ2v) is 3.98. The molecule has 0 bridgehead atoms. The maximum Gasteiger partial charge on any atom is 0.0479 e. The van der Waals surface area contributed by atoms with E-state index in [-0.39, 0.29) is 5.54 Å². The van der Waals surface area contributed by atoms with Gasteiger partial charge in [0.1, 0.15) is 0 Å². The molecule has 0 amide bonds. The molecule has 2 heteroatoms. The minimum absolute atomic E-state index is 0.190. The van der Waals surface area contributed by atoms with Gasteiger partial charge in [0.25, 0.3) is 0 Å². The molecule has 2 rings (SSSR count). The van der Waals surface area contributed by atoms with E-state index < -0.39 is 0 Å². The van der Waals surface area contributed by atoms with Crippen molar-refractivity contribution in [3.05, 3.63) is 47.0 Å². The van der Waals surface area contributed by atoms with E-state index >= 15 is 0 Å². The maximum absolute atomic E-state index is 6.22. The lowest BCUT2D eigenvalue weighted by atomic mass is 9.89. The van der Waals surface area contributed by atoms with Gasteiger partial charge in [-0.15, -0.1) is 0 Å². The fourth-order valence-corrected chi connectivity index (χ4v) is 1.81. The number of hydrogen-bond donors (Lipinski definition) is 1. The third kappa shape index (κ3) is 1.62. The van der Waals surface area contributed by atoms with Crippen molar-refractivity contribution in [2.24, 2.45) is 5.73 Å². The molecule has 0 radical (unpaired) electrons. The Kier molecular flexibility index (Phi) is 2.14. The molecule has 0 aromatic heterocycles. The van der Waals surface area contributed by atoms with Gasteiger partial charge in [-0.1, -0.05) is 35.9 Å². The number of rotatable bonds is 1. The molecule has 0 atom stereocenters. The third-order valence-electron chi connectivity index (χ3n) is 2.55. The smallest absolute Gasteiger partial charge is 0.0479 e. The second-order valence-electron chi connectivity index (χ2n) is 3.54. The Morgan fingerprint density at radius 1 is 1.08 bits per heavy atom. The van der Waals surface area contributed by atoms with Crippen molar-refractivity contribution in [3.63, 3.8) is 0 Å². The molecule has 0 heterocycles. The molecule has 0 saturated carbocycles. The zero-order valence-electron chi connectivity index (χ0n) is 7.33.